The van der Waals surface area contributed by atoms with Gasteiger partial charge in [0.2, 0.25) is 5.91 Å². The van der Waals surface area contributed by atoms with Gasteiger partial charge in [-0.15, -0.1) is 0 Å². The molecule has 0 bridgehead atoms. The van der Waals surface area contributed by atoms with Gasteiger partial charge in [-0.2, -0.15) is 0 Å². The number of benzene rings is 1. The van der Waals surface area contributed by atoms with Crippen LogP contribution in [0.15, 0.2) is 22.7 Å². The number of hydrogen-bond donors (Lipinski definition) is 1. The summed E-state index contributed by atoms with van der Waals surface area (Å²) in [5.74, 6) is 0.0904. The predicted molar refractivity (Wildman–Crippen MR) is 89.1 cm³/mol. The van der Waals surface area contributed by atoms with Crippen LogP contribution < -0.4 is 5.32 Å². The highest BCUT2D eigenvalue weighted by Gasteiger charge is 2.08. The molecule has 112 valence electrons. The molecule has 0 spiro atoms. The fraction of sp³-hybridized carbons (Fsp3) is 0.562. The lowest BCUT2D eigenvalue weighted by Crippen LogP contribution is -2.29. The van der Waals surface area contributed by atoms with Gasteiger partial charge >= 0.3 is 0 Å². The number of carbonyl (C=O) groups is 1. The lowest BCUT2D eigenvalue weighted by molar-refractivity contribution is -0.116. The number of carbonyl (C=O) groups excluding carboxylic acids is 1. The van der Waals surface area contributed by atoms with Crippen LogP contribution in [0.5, 0.6) is 0 Å². The van der Waals surface area contributed by atoms with E-state index in [9.17, 15) is 4.79 Å². The molecule has 1 aromatic carbocycles. The average Bonchev–Trinajstić information content (AvgIpc) is 2.40. The van der Waals surface area contributed by atoms with Gasteiger partial charge in [0.1, 0.15) is 0 Å². The van der Waals surface area contributed by atoms with Crippen molar-refractivity contribution in [3.8, 4) is 0 Å². The van der Waals surface area contributed by atoms with E-state index in [1.165, 1.54) is 0 Å². The first-order valence-electron chi connectivity index (χ1n) is 7.35. The molecule has 0 aliphatic carbocycles. The molecule has 0 aromatic heterocycles. The number of nitrogens with zero attached hydrogens (tertiary/aromatic N) is 1. The number of anilines is 1. The molecule has 1 amide bonds. The molecule has 0 atom stereocenters. The highest BCUT2D eigenvalue weighted by Crippen LogP contribution is 2.20. The van der Waals surface area contributed by atoms with E-state index in [0.717, 1.165) is 48.2 Å². The second-order valence-electron chi connectivity index (χ2n) is 5.10. The van der Waals surface area contributed by atoms with Crippen LogP contribution in [0.1, 0.15) is 38.7 Å². The molecule has 4 heteroatoms. The summed E-state index contributed by atoms with van der Waals surface area (Å²) < 4.78 is 1.03. The molecule has 0 fully saturated rings. The van der Waals surface area contributed by atoms with Gasteiger partial charge in [-0.05, 0) is 56.6 Å². The maximum atomic E-state index is 12.0. The second kappa shape index (κ2) is 9.14. The largest absolute Gasteiger partial charge is 0.326 e. The lowest BCUT2D eigenvalue weighted by Gasteiger charge is -2.20. The quantitative estimate of drug-likeness (QED) is 0.768. The van der Waals surface area contributed by atoms with Gasteiger partial charge in [0, 0.05) is 23.1 Å². The number of hydrogen-bond acceptors (Lipinski definition) is 2. The van der Waals surface area contributed by atoms with Crippen LogP contribution in [0.25, 0.3) is 0 Å². The number of amides is 1. The third-order valence-electron chi connectivity index (χ3n) is 3.20. The molecule has 0 radical (unpaired) electrons. The standard InChI is InChI=1S/C16H25BrN2O/c1-4-9-19(10-5-2)11-8-16(20)18-15-7-6-14(17)12-13(15)3/h6-7,12H,4-5,8-11H2,1-3H3,(H,18,20). The van der Waals surface area contributed by atoms with Crippen molar-refractivity contribution in [1.82, 2.24) is 4.90 Å². The van der Waals surface area contributed by atoms with Gasteiger partial charge in [-0.25, -0.2) is 0 Å². The summed E-state index contributed by atoms with van der Waals surface area (Å²) >= 11 is 3.43. The van der Waals surface area contributed by atoms with E-state index in [-0.39, 0.29) is 5.91 Å². The van der Waals surface area contributed by atoms with Crippen LogP contribution in [-0.4, -0.2) is 30.4 Å². The van der Waals surface area contributed by atoms with Crippen LogP contribution in [0, 0.1) is 6.92 Å². The van der Waals surface area contributed by atoms with E-state index in [4.69, 9.17) is 0 Å². The molecule has 0 aliphatic rings. The minimum Gasteiger partial charge on any atom is -0.326 e. The van der Waals surface area contributed by atoms with Crippen molar-refractivity contribution < 1.29 is 4.79 Å². The molecular formula is C16H25BrN2O. The van der Waals surface area contributed by atoms with Gasteiger partial charge in [0.15, 0.2) is 0 Å². The van der Waals surface area contributed by atoms with Crippen molar-refractivity contribution in [1.29, 1.82) is 0 Å². The molecule has 20 heavy (non-hydrogen) atoms. The first-order valence-corrected chi connectivity index (χ1v) is 8.14. The van der Waals surface area contributed by atoms with Crippen LogP contribution >= 0.6 is 15.9 Å². The summed E-state index contributed by atoms with van der Waals surface area (Å²) in [6.45, 7) is 9.32. The topological polar surface area (TPSA) is 32.3 Å². The zero-order chi connectivity index (χ0) is 15.0. The Bertz CT molecular complexity index is 428. The Labute approximate surface area is 130 Å². The molecule has 1 N–H and O–H groups in total. The Kier molecular flexibility index (Phi) is 7.85. The van der Waals surface area contributed by atoms with Crippen molar-refractivity contribution >= 4 is 27.5 Å². The van der Waals surface area contributed by atoms with Crippen LogP contribution in [-0.2, 0) is 4.79 Å². The molecular weight excluding hydrogens is 316 g/mol. The van der Waals surface area contributed by atoms with Crippen molar-refractivity contribution in [3.63, 3.8) is 0 Å². The Balaban J connectivity index is 2.46. The highest BCUT2D eigenvalue weighted by atomic mass is 79.9. The Morgan fingerprint density at radius 3 is 2.40 bits per heavy atom. The van der Waals surface area contributed by atoms with Gasteiger partial charge < -0.3 is 10.2 Å². The molecule has 0 unspecified atom stereocenters. The summed E-state index contributed by atoms with van der Waals surface area (Å²) in [5.41, 5.74) is 1.97. The highest BCUT2D eigenvalue weighted by molar-refractivity contribution is 9.10. The Morgan fingerprint density at radius 2 is 1.85 bits per heavy atom. The van der Waals surface area contributed by atoms with E-state index in [1.807, 2.05) is 25.1 Å². The number of halogens is 1. The zero-order valence-corrected chi connectivity index (χ0v) is 14.3. The third-order valence-corrected chi connectivity index (χ3v) is 3.69. The Morgan fingerprint density at radius 1 is 1.20 bits per heavy atom. The monoisotopic (exact) mass is 340 g/mol. The molecule has 0 aliphatic heterocycles. The van der Waals surface area contributed by atoms with Crippen molar-refractivity contribution in [2.45, 2.75) is 40.0 Å². The first kappa shape index (κ1) is 17.2. The first-order chi connectivity index (χ1) is 9.56. The smallest absolute Gasteiger partial charge is 0.225 e. The SMILES string of the molecule is CCCN(CCC)CCC(=O)Nc1ccc(Br)cc1C. The Hall–Kier alpha value is -0.870. The van der Waals surface area contributed by atoms with Crippen LogP contribution in [0.4, 0.5) is 5.69 Å². The maximum absolute atomic E-state index is 12.0. The van der Waals surface area contributed by atoms with Crippen LogP contribution in [0.2, 0.25) is 0 Å². The third kappa shape index (κ3) is 6.06. The van der Waals surface area contributed by atoms with Gasteiger partial charge in [-0.3, -0.25) is 4.79 Å². The minimum atomic E-state index is 0.0904. The summed E-state index contributed by atoms with van der Waals surface area (Å²) in [6.07, 6.45) is 2.82. The summed E-state index contributed by atoms with van der Waals surface area (Å²) in [4.78, 5) is 14.4. The fourth-order valence-corrected chi connectivity index (χ4v) is 2.68. The van der Waals surface area contributed by atoms with E-state index >= 15 is 0 Å². The molecule has 1 rings (SSSR count). The van der Waals surface area contributed by atoms with Gasteiger partial charge in [-0.1, -0.05) is 29.8 Å². The average molecular weight is 341 g/mol. The zero-order valence-electron chi connectivity index (χ0n) is 12.7. The van der Waals surface area contributed by atoms with E-state index in [0.29, 0.717) is 6.42 Å². The fourth-order valence-electron chi connectivity index (χ4n) is 2.21. The number of aryl methyl sites for hydroxylation is 1. The number of rotatable bonds is 8. The predicted octanol–water partition coefficient (Wildman–Crippen LogP) is 4.21. The van der Waals surface area contributed by atoms with E-state index < -0.39 is 0 Å². The lowest BCUT2D eigenvalue weighted by atomic mass is 10.2. The second-order valence-corrected chi connectivity index (χ2v) is 6.01. The van der Waals surface area contributed by atoms with Crippen molar-refractivity contribution in [3.05, 3.63) is 28.2 Å². The summed E-state index contributed by atoms with van der Waals surface area (Å²) in [7, 11) is 0. The van der Waals surface area contributed by atoms with E-state index in [1.54, 1.807) is 0 Å². The molecule has 3 nitrogen and oxygen atoms in total. The normalized spacial score (nSPS) is 10.8. The van der Waals surface area contributed by atoms with Gasteiger partial charge in [0.25, 0.3) is 0 Å². The van der Waals surface area contributed by atoms with Crippen LogP contribution in [0.3, 0.4) is 0 Å². The van der Waals surface area contributed by atoms with E-state index in [2.05, 4.69) is 40.0 Å². The molecule has 1 aromatic rings. The molecule has 0 heterocycles. The van der Waals surface area contributed by atoms with Crippen molar-refractivity contribution in [2.24, 2.45) is 0 Å². The summed E-state index contributed by atoms with van der Waals surface area (Å²) in [5, 5.41) is 2.99. The maximum Gasteiger partial charge on any atom is 0.225 e. The minimum absolute atomic E-state index is 0.0904. The summed E-state index contributed by atoms with van der Waals surface area (Å²) in [6, 6.07) is 5.90. The molecule has 0 saturated carbocycles. The molecule has 0 saturated heterocycles. The number of nitrogens with one attached hydrogen (secondary N) is 1. The van der Waals surface area contributed by atoms with Crippen molar-refractivity contribution in [2.75, 3.05) is 25.0 Å². The van der Waals surface area contributed by atoms with Gasteiger partial charge in [0.05, 0.1) is 0 Å².